The smallest absolute Gasteiger partial charge is 0.135 e. The standard InChI is InChI=1S/C41H28O/c1-41(2)35-24-27(28-22-23-37-39-32(28)15-9-16-33(39)31-13-6-7-17-36(31)42-37)19-20-30(35)34-21-18-26-12-8-14-29(38(26)40(34)41)25-10-4-3-5-11-25/h3-24H,1-2H3. The molecule has 9 rings (SSSR count). The summed E-state index contributed by atoms with van der Waals surface area (Å²) in [6, 6.07) is 48.6. The monoisotopic (exact) mass is 536 g/mol. The zero-order valence-corrected chi connectivity index (χ0v) is 23.6. The van der Waals surface area contributed by atoms with Gasteiger partial charge in [-0.25, -0.2) is 0 Å². The highest BCUT2D eigenvalue weighted by molar-refractivity contribution is 6.10. The third-order valence-corrected chi connectivity index (χ3v) is 9.45. The van der Waals surface area contributed by atoms with Crippen molar-refractivity contribution in [2.24, 2.45) is 0 Å². The quantitative estimate of drug-likeness (QED) is 0.213. The second kappa shape index (κ2) is 8.44. The second-order valence-electron chi connectivity index (χ2n) is 12.1. The molecule has 0 aromatic heterocycles. The summed E-state index contributed by atoms with van der Waals surface area (Å²) in [4.78, 5) is 0. The van der Waals surface area contributed by atoms with Crippen LogP contribution in [0.25, 0.3) is 66.1 Å². The van der Waals surface area contributed by atoms with Crippen molar-refractivity contribution in [1.29, 1.82) is 0 Å². The lowest BCUT2D eigenvalue weighted by atomic mass is 9.78. The molecule has 42 heavy (non-hydrogen) atoms. The molecule has 1 nitrogen and oxygen atoms in total. The number of hydrogen-bond donors (Lipinski definition) is 0. The van der Waals surface area contributed by atoms with Crippen LogP contribution in [0.4, 0.5) is 0 Å². The van der Waals surface area contributed by atoms with E-state index in [4.69, 9.17) is 4.74 Å². The lowest BCUT2D eigenvalue weighted by Crippen LogP contribution is -2.16. The maximum Gasteiger partial charge on any atom is 0.135 e. The molecule has 198 valence electrons. The van der Waals surface area contributed by atoms with Gasteiger partial charge in [0.05, 0.1) is 0 Å². The molecule has 0 bridgehead atoms. The maximum atomic E-state index is 6.38. The van der Waals surface area contributed by atoms with Gasteiger partial charge in [-0.05, 0) is 84.4 Å². The summed E-state index contributed by atoms with van der Waals surface area (Å²) in [6.45, 7) is 4.79. The second-order valence-corrected chi connectivity index (χ2v) is 12.1. The van der Waals surface area contributed by atoms with Crippen molar-refractivity contribution in [3.63, 3.8) is 0 Å². The van der Waals surface area contributed by atoms with Crippen LogP contribution in [-0.4, -0.2) is 0 Å². The molecule has 1 aliphatic carbocycles. The van der Waals surface area contributed by atoms with Gasteiger partial charge in [0, 0.05) is 16.4 Å². The van der Waals surface area contributed by atoms with Gasteiger partial charge in [0.1, 0.15) is 11.5 Å². The van der Waals surface area contributed by atoms with Crippen LogP contribution in [0.15, 0.2) is 133 Å². The Morgan fingerprint density at radius 2 is 1.19 bits per heavy atom. The van der Waals surface area contributed by atoms with Crippen LogP contribution in [0.5, 0.6) is 11.5 Å². The highest BCUT2D eigenvalue weighted by atomic mass is 16.5. The van der Waals surface area contributed by atoms with Gasteiger partial charge in [0.2, 0.25) is 0 Å². The van der Waals surface area contributed by atoms with Crippen LogP contribution in [-0.2, 0) is 5.41 Å². The average molecular weight is 537 g/mol. The molecular formula is C41H28O. The minimum atomic E-state index is -0.153. The van der Waals surface area contributed by atoms with Gasteiger partial charge in [0.25, 0.3) is 0 Å². The number of hydrogen-bond acceptors (Lipinski definition) is 1. The van der Waals surface area contributed by atoms with E-state index >= 15 is 0 Å². The van der Waals surface area contributed by atoms with Gasteiger partial charge in [-0.2, -0.15) is 0 Å². The summed E-state index contributed by atoms with van der Waals surface area (Å²) in [7, 11) is 0. The van der Waals surface area contributed by atoms with Crippen LogP contribution in [0.1, 0.15) is 25.0 Å². The third kappa shape index (κ3) is 3.14. The number of para-hydroxylation sites is 1. The fourth-order valence-electron chi connectivity index (χ4n) is 7.54. The summed E-state index contributed by atoms with van der Waals surface area (Å²) < 4.78 is 6.38. The molecule has 0 radical (unpaired) electrons. The van der Waals surface area contributed by atoms with Gasteiger partial charge in [-0.3, -0.25) is 0 Å². The molecule has 7 aromatic rings. The van der Waals surface area contributed by atoms with Gasteiger partial charge >= 0.3 is 0 Å². The van der Waals surface area contributed by atoms with Gasteiger partial charge in [-0.15, -0.1) is 0 Å². The predicted molar refractivity (Wildman–Crippen MR) is 175 cm³/mol. The van der Waals surface area contributed by atoms with Gasteiger partial charge in [0.15, 0.2) is 0 Å². The van der Waals surface area contributed by atoms with E-state index in [1.54, 1.807) is 0 Å². The highest BCUT2D eigenvalue weighted by Crippen LogP contribution is 2.54. The lowest BCUT2D eigenvalue weighted by molar-refractivity contribution is 0.487. The Morgan fingerprint density at radius 1 is 0.452 bits per heavy atom. The molecule has 0 N–H and O–H groups in total. The fraction of sp³-hybridized carbons (Fsp3) is 0.0732. The van der Waals surface area contributed by atoms with E-state index in [1.165, 1.54) is 71.6 Å². The van der Waals surface area contributed by atoms with Crippen molar-refractivity contribution in [2.75, 3.05) is 0 Å². The maximum absolute atomic E-state index is 6.38. The van der Waals surface area contributed by atoms with Crippen LogP contribution in [0.2, 0.25) is 0 Å². The van der Waals surface area contributed by atoms with E-state index in [1.807, 2.05) is 6.07 Å². The molecule has 0 fully saturated rings. The van der Waals surface area contributed by atoms with Crippen LogP contribution >= 0.6 is 0 Å². The highest BCUT2D eigenvalue weighted by Gasteiger charge is 2.38. The minimum Gasteiger partial charge on any atom is -0.456 e. The van der Waals surface area contributed by atoms with E-state index in [-0.39, 0.29) is 5.41 Å². The third-order valence-electron chi connectivity index (χ3n) is 9.45. The van der Waals surface area contributed by atoms with Crippen LogP contribution in [0.3, 0.4) is 0 Å². The normalized spacial score (nSPS) is 13.9. The zero-order chi connectivity index (χ0) is 28.0. The van der Waals surface area contributed by atoms with Gasteiger partial charge in [-0.1, -0.05) is 129 Å². The van der Waals surface area contributed by atoms with Crippen LogP contribution in [0, 0.1) is 0 Å². The van der Waals surface area contributed by atoms with Crippen molar-refractivity contribution in [1.82, 2.24) is 0 Å². The first kappa shape index (κ1) is 23.6. The molecule has 0 amide bonds. The average Bonchev–Trinajstić information content (AvgIpc) is 3.27. The van der Waals surface area contributed by atoms with E-state index in [2.05, 4.69) is 141 Å². The van der Waals surface area contributed by atoms with Crippen molar-refractivity contribution < 1.29 is 4.74 Å². The summed E-state index contributed by atoms with van der Waals surface area (Å²) >= 11 is 0. The molecule has 0 atom stereocenters. The SMILES string of the molecule is CC1(C)c2cc(-c3ccc4c5c(cccc35)-c3ccccc3O4)ccc2-c2ccc3cccc(-c4ccccc4)c3c21. The largest absolute Gasteiger partial charge is 0.456 e. The molecule has 0 saturated carbocycles. The zero-order valence-electron chi connectivity index (χ0n) is 23.6. The minimum absolute atomic E-state index is 0.153. The number of fused-ring (bicyclic) bond motifs is 7. The van der Waals surface area contributed by atoms with Crippen molar-refractivity contribution in [3.8, 4) is 56.0 Å². The van der Waals surface area contributed by atoms with E-state index in [9.17, 15) is 0 Å². The number of rotatable bonds is 2. The summed E-state index contributed by atoms with van der Waals surface area (Å²) in [6.07, 6.45) is 0. The fourth-order valence-corrected chi connectivity index (χ4v) is 7.54. The molecule has 1 heteroatoms. The Balaban J connectivity index is 1.25. The van der Waals surface area contributed by atoms with Gasteiger partial charge < -0.3 is 4.74 Å². The number of ether oxygens (including phenoxy) is 1. The van der Waals surface area contributed by atoms with Crippen molar-refractivity contribution >= 4 is 21.5 Å². The molecule has 0 unspecified atom stereocenters. The van der Waals surface area contributed by atoms with Crippen molar-refractivity contribution in [3.05, 3.63) is 145 Å². The summed E-state index contributed by atoms with van der Waals surface area (Å²) in [5.41, 5.74) is 12.8. The Kier molecular flexibility index (Phi) is 4.73. The summed E-state index contributed by atoms with van der Waals surface area (Å²) in [5, 5.41) is 5.07. The number of benzene rings is 7. The first-order valence-corrected chi connectivity index (χ1v) is 14.7. The summed E-state index contributed by atoms with van der Waals surface area (Å²) in [5.74, 6) is 1.85. The Labute approximate surface area is 245 Å². The first-order valence-electron chi connectivity index (χ1n) is 14.7. The van der Waals surface area contributed by atoms with Crippen molar-refractivity contribution in [2.45, 2.75) is 19.3 Å². The molecule has 1 aliphatic heterocycles. The van der Waals surface area contributed by atoms with E-state index in [0.717, 1.165) is 17.1 Å². The first-order chi connectivity index (χ1) is 20.6. The Morgan fingerprint density at radius 3 is 2.10 bits per heavy atom. The predicted octanol–water partition coefficient (Wildman–Crippen LogP) is 11.4. The van der Waals surface area contributed by atoms with Crippen LogP contribution < -0.4 is 4.74 Å². The molecule has 1 heterocycles. The molecule has 0 spiro atoms. The Bertz CT molecular complexity index is 2240. The van der Waals surface area contributed by atoms with E-state index in [0.29, 0.717) is 0 Å². The molecule has 2 aliphatic rings. The molecular weight excluding hydrogens is 508 g/mol. The topological polar surface area (TPSA) is 9.23 Å². The lowest BCUT2D eigenvalue weighted by Gasteiger charge is -2.25. The molecule has 0 saturated heterocycles. The Hall–Kier alpha value is -5.14. The van der Waals surface area contributed by atoms with E-state index < -0.39 is 0 Å². The molecule has 7 aromatic carbocycles.